The van der Waals surface area contributed by atoms with Crippen LogP contribution < -0.4 is 10.5 Å². The van der Waals surface area contributed by atoms with Crippen LogP contribution in [0.3, 0.4) is 0 Å². The Morgan fingerprint density at radius 2 is 2.00 bits per heavy atom. The van der Waals surface area contributed by atoms with Gasteiger partial charge in [-0.15, -0.1) is 0 Å². The Morgan fingerprint density at radius 3 is 2.47 bits per heavy atom. The highest BCUT2D eigenvalue weighted by molar-refractivity contribution is 7.92. The molecule has 1 aromatic rings. The van der Waals surface area contributed by atoms with E-state index in [4.69, 9.17) is 17.3 Å². The van der Waals surface area contributed by atoms with E-state index in [-0.39, 0.29) is 41.4 Å². The molecule has 3 N–H and O–H groups in total. The number of hydrogen-bond donors (Lipinski definition) is 2. The Kier molecular flexibility index (Phi) is 5.89. The fraction of sp³-hybridized carbons (Fsp3) is 0.526. The number of carbonyl (C=O) groups is 2. The molecule has 3 rings (SSSR count). The van der Waals surface area contributed by atoms with Gasteiger partial charge < -0.3 is 15.6 Å². The lowest BCUT2D eigenvalue weighted by Gasteiger charge is -2.26. The molecule has 1 amide bonds. The Morgan fingerprint density at radius 1 is 1.34 bits per heavy atom. The minimum atomic E-state index is -4.59. The molecule has 0 saturated heterocycles. The minimum Gasteiger partial charge on any atom is -0.484 e. The van der Waals surface area contributed by atoms with Crippen molar-refractivity contribution < 1.29 is 41.0 Å². The van der Waals surface area contributed by atoms with Crippen molar-refractivity contribution >= 4 is 33.3 Å². The number of halogens is 4. The molecule has 2 aliphatic carbocycles. The standard InChI is InChI=1S/C19H18ClF3N2O6S/c20-12-5-10(31-9-19(21,22)23)1-2-13(12)32(29,30)11-3-4-17(6-11,16(27)28)14-7-18(14,8-24)15(25)26/h1-2,5,11,14H,3-4,6-7,9H2,(H2,25,26)(H,27,28)/t11-,14?,17+,18?/m1/s1. The van der Waals surface area contributed by atoms with Gasteiger partial charge in [-0.2, -0.15) is 18.4 Å². The Balaban J connectivity index is 1.85. The van der Waals surface area contributed by atoms with Gasteiger partial charge in [0.05, 0.1) is 26.7 Å². The summed E-state index contributed by atoms with van der Waals surface area (Å²) in [6.07, 6.45) is -5.15. The summed E-state index contributed by atoms with van der Waals surface area (Å²) in [6, 6.07) is 4.75. The van der Waals surface area contributed by atoms with Gasteiger partial charge in [0.1, 0.15) is 11.2 Å². The first-order valence-corrected chi connectivity index (χ1v) is 11.3. The van der Waals surface area contributed by atoms with Gasteiger partial charge in [-0.25, -0.2) is 8.42 Å². The summed E-state index contributed by atoms with van der Waals surface area (Å²) in [5.74, 6) is -3.46. The van der Waals surface area contributed by atoms with Crippen molar-refractivity contribution in [3.63, 3.8) is 0 Å². The van der Waals surface area contributed by atoms with Crippen LogP contribution in [0.4, 0.5) is 13.2 Å². The monoisotopic (exact) mass is 494 g/mol. The van der Waals surface area contributed by atoms with Crippen LogP contribution in [-0.4, -0.2) is 43.4 Å². The van der Waals surface area contributed by atoms with E-state index in [9.17, 15) is 41.5 Å². The largest absolute Gasteiger partial charge is 0.484 e. The maximum atomic E-state index is 13.1. The molecule has 2 aliphatic rings. The number of sulfone groups is 1. The first-order chi connectivity index (χ1) is 14.7. The average Bonchev–Trinajstić information content (AvgIpc) is 3.27. The van der Waals surface area contributed by atoms with Gasteiger partial charge in [-0.05, 0) is 37.8 Å². The number of ether oxygens (including phenoxy) is 1. The van der Waals surface area contributed by atoms with E-state index in [1.165, 1.54) is 0 Å². The number of benzene rings is 1. The molecule has 32 heavy (non-hydrogen) atoms. The molecule has 2 fully saturated rings. The van der Waals surface area contributed by atoms with Crippen LogP contribution in [0.5, 0.6) is 5.75 Å². The molecule has 174 valence electrons. The first-order valence-electron chi connectivity index (χ1n) is 9.37. The number of nitriles is 1. The van der Waals surface area contributed by atoms with Crippen LogP contribution in [0.15, 0.2) is 23.1 Å². The Bertz CT molecular complexity index is 1120. The van der Waals surface area contributed by atoms with E-state index < -0.39 is 56.5 Å². The third-order valence-corrected chi connectivity index (χ3v) is 8.92. The van der Waals surface area contributed by atoms with Gasteiger partial charge in [-0.3, -0.25) is 9.59 Å². The summed E-state index contributed by atoms with van der Waals surface area (Å²) < 4.78 is 67.8. The summed E-state index contributed by atoms with van der Waals surface area (Å²) in [5.41, 5.74) is 2.02. The molecule has 0 aromatic heterocycles. The predicted molar refractivity (Wildman–Crippen MR) is 103 cm³/mol. The van der Waals surface area contributed by atoms with Crippen LogP contribution >= 0.6 is 11.6 Å². The fourth-order valence-corrected chi connectivity index (χ4v) is 6.87. The third-order valence-electron chi connectivity index (χ3n) is 6.25. The Hall–Kier alpha value is -2.52. The number of nitrogens with two attached hydrogens (primary N) is 1. The Labute approximate surface area is 186 Å². The molecule has 2 saturated carbocycles. The lowest BCUT2D eigenvalue weighted by molar-refractivity contribution is -0.153. The molecule has 0 heterocycles. The van der Waals surface area contributed by atoms with Gasteiger partial charge in [0, 0.05) is 12.0 Å². The fourth-order valence-electron chi connectivity index (χ4n) is 4.48. The van der Waals surface area contributed by atoms with E-state index in [1.807, 2.05) is 0 Å². The smallest absolute Gasteiger partial charge is 0.422 e. The summed E-state index contributed by atoms with van der Waals surface area (Å²) in [4.78, 5) is 23.5. The number of carboxylic acids is 1. The van der Waals surface area contributed by atoms with Crippen LogP contribution in [0.1, 0.15) is 25.7 Å². The van der Waals surface area contributed by atoms with Crippen LogP contribution in [-0.2, 0) is 19.4 Å². The summed E-state index contributed by atoms with van der Waals surface area (Å²) >= 11 is 6.00. The molecule has 13 heteroatoms. The second-order valence-corrected chi connectivity index (χ2v) is 10.7. The first kappa shape index (κ1) is 24.1. The second-order valence-electron chi connectivity index (χ2n) is 8.07. The quantitative estimate of drug-likeness (QED) is 0.592. The molecule has 4 atom stereocenters. The number of carboxylic acid groups (broad SMARTS) is 1. The number of carbonyl (C=O) groups excluding carboxylic acids is 1. The number of nitrogens with zero attached hydrogens (tertiary/aromatic N) is 1. The number of primary amides is 1. The average molecular weight is 495 g/mol. The predicted octanol–water partition coefficient (Wildman–Crippen LogP) is 2.69. The number of aliphatic carboxylic acids is 1. The highest BCUT2D eigenvalue weighted by Crippen LogP contribution is 2.66. The number of hydrogen-bond acceptors (Lipinski definition) is 6. The SMILES string of the molecule is N#CC1(C(N)=O)CC1[C@]1(C(=O)O)CC[C@@H](S(=O)(=O)c2ccc(OCC(F)(F)F)cc2Cl)C1. The van der Waals surface area contributed by atoms with Crippen LogP contribution in [0.2, 0.25) is 5.02 Å². The molecule has 0 spiro atoms. The van der Waals surface area contributed by atoms with Gasteiger partial charge >= 0.3 is 12.1 Å². The molecular weight excluding hydrogens is 477 g/mol. The molecule has 0 radical (unpaired) electrons. The molecule has 8 nitrogen and oxygen atoms in total. The minimum absolute atomic E-state index is 0.0615. The lowest BCUT2D eigenvalue weighted by Crippen LogP contribution is -2.37. The summed E-state index contributed by atoms with van der Waals surface area (Å²) in [7, 11) is -4.18. The lowest BCUT2D eigenvalue weighted by atomic mass is 9.77. The maximum Gasteiger partial charge on any atom is 0.422 e. The zero-order valence-electron chi connectivity index (χ0n) is 16.4. The van der Waals surface area contributed by atoms with Crippen molar-refractivity contribution in [1.29, 1.82) is 5.26 Å². The summed E-state index contributed by atoms with van der Waals surface area (Å²) in [5, 5.41) is 17.7. The van der Waals surface area contributed by atoms with Crippen molar-refractivity contribution in [1.82, 2.24) is 0 Å². The normalized spacial score (nSPS) is 29.8. The van der Waals surface area contributed by atoms with Crippen molar-refractivity contribution in [2.24, 2.45) is 22.5 Å². The van der Waals surface area contributed by atoms with E-state index >= 15 is 0 Å². The highest BCUT2D eigenvalue weighted by atomic mass is 35.5. The summed E-state index contributed by atoms with van der Waals surface area (Å²) in [6.45, 7) is -1.58. The van der Waals surface area contributed by atoms with Crippen LogP contribution in [0.25, 0.3) is 0 Å². The molecule has 0 aliphatic heterocycles. The molecular formula is C19H18ClF3N2O6S. The van der Waals surface area contributed by atoms with E-state index in [0.29, 0.717) is 0 Å². The van der Waals surface area contributed by atoms with Gasteiger partial charge in [-0.1, -0.05) is 11.6 Å². The molecule has 0 bridgehead atoms. The number of rotatable bonds is 7. The zero-order chi connectivity index (χ0) is 24.1. The van der Waals surface area contributed by atoms with Crippen LogP contribution in [0, 0.1) is 28.1 Å². The molecule has 2 unspecified atom stereocenters. The number of amides is 1. The van der Waals surface area contributed by atoms with E-state index in [2.05, 4.69) is 4.74 Å². The highest BCUT2D eigenvalue weighted by Gasteiger charge is 2.72. The maximum absolute atomic E-state index is 13.1. The van der Waals surface area contributed by atoms with Crippen molar-refractivity contribution in [3.8, 4) is 11.8 Å². The van der Waals surface area contributed by atoms with Crippen molar-refractivity contribution in [2.75, 3.05) is 6.61 Å². The van der Waals surface area contributed by atoms with Crippen molar-refractivity contribution in [2.45, 2.75) is 42.0 Å². The van der Waals surface area contributed by atoms with E-state index in [1.54, 1.807) is 6.07 Å². The van der Waals surface area contributed by atoms with Crippen molar-refractivity contribution in [3.05, 3.63) is 23.2 Å². The van der Waals surface area contributed by atoms with Gasteiger partial charge in [0.15, 0.2) is 16.4 Å². The zero-order valence-corrected chi connectivity index (χ0v) is 17.9. The van der Waals surface area contributed by atoms with Gasteiger partial charge in [0.2, 0.25) is 5.91 Å². The third kappa shape index (κ3) is 3.99. The van der Waals surface area contributed by atoms with E-state index in [0.717, 1.165) is 18.2 Å². The second kappa shape index (κ2) is 7.81. The topological polar surface area (TPSA) is 148 Å². The van der Waals surface area contributed by atoms with Gasteiger partial charge in [0.25, 0.3) is 0 Å². The number of alkyl halides is 3. The molecule has 1 aromatic carbocycles.